The van der Waals surface area contributed by atoms with Gasteiger partial charge in [-0.15, -0.1) is 0 Å². The number of hydrogen-bond acceptors (Lipinski definition) is 3. The standard InChI is InChI=1S/C45H26N4/c1-2-11-29(12-3-1)43-36-21-20-27-10-4-5-15-30(27)44(36)48-45(47-43)49-38-19-7-6-16-35(38)42-39(49)23-22-34-33-18-9-14-28-13-8-17-32(40(28)33)31-24-25-46-26-37(31)41(34)42/h1-26H. The highest BCUT2D eigenvalue weighted by molar-refractivity contribution is 6.23. The molecular weight excluding hydrogens is 597 g/mol. The van der Waals surface area contributed by atoms with E-state index in [1.807, 2.05) is 18.5 Å². The van der Waals surface area contributed by atoms with E-state index in [1.165, 1.54) is 44.0 Å². The van der Waals surface area contributed by atoms with E-state index < -0.39 is 0 Å². The molecule has 0 atom stereocenters. The molecule has 3 heterocycles. The van der Waals surface area contributed by atoms with Gasteiger partial charge in [-0.1, -0.05) is 121 Å². The van der Waals surface area contributed by atoms with Crippen molar-refractivity contribution in [1.82, 2.24) is 19.5 Å². The van der Waals surface area contributed by atoms with Gasteiger partial charge in [-0.25, -0.2) is 9.97 Å². The van der Waals surface area contributed by atoms with E-state index >= 15 is 0 Å². The average molecular weight is 623 g/mol. The fourth-order valence-corrected chi connectivity index (χ4v) is 8.17. The molecule has 0 spiro atoms. The van der Waals surface area contributed by atoms with Gasteiger partial charge in [0.05, 0.1) is 22.2 Å². The molecule has 0 fully saturated rings. The van der Waals surface area contributed by atoms with Gasteiger partial charge in [0.1, 0.15) is 0 Å². The van der Waals surface area contributed by atoms with Gasteiger partial charge in [0, 0.05) is 50.6 Å². The van der Waals surface area contributed by atoms with Crippen LogP contribution in [-0.2, 0) is 0 Å². The Hall–Kier alpha value is -6.65. The normalized spacial score (nSPS) is 12.1. The topological polar surface area (TPSA) is 43.6 Å². The highest BCUT2D eigenvalue weighted by Crippen LogP contribution is 2.51. The summed E-state index contributed by atoms with van der Waals surface area (Å²) >= 11 is 0. The first-order chi connectivity index (χ1) is 24.3. The lowest BCUT2D eigenvalue weighted by atomic mass is 9.91. The van der Waals surface area contributed by atoms with Crippen molar-refractivity contribution >= 4 is 54.3 Å². The first kappa shape index (κ1) is 26.4. The van der Waals surface area contributed by atoms with Crippen LogP contribution in [0.5, 0.6) is 0 Å². The quantitative estimate of drug-likeness (QED) is 0.180. The van der Waals surface area contributed by atoms with Crippen LogP contribution in [0.3, 0.4) is 0 Å². The van der Waals surface area contributed by atoms with Crippen LogP contribution >= 0.6 is 0 Å². The van der Waals surface area contributed by atoms with Gasteiger partial charge >= 0.3 is 0 Å². The van der Waals surface area contributed by atoms with Crippen LogP contribution in [0.25, 0.3) is 105 Å². The average Bonchev–Trinajstić information content (AvgIpc) is 3.45. The predicted molar refractivity (Wildman–Crippen MR) is 202 cm³/mol. The van der Waals surface area contributed by atoms with E-state index in [9.17, 15) is 0 Å². The van der Waals surface area contributed by atoms with Gasteiger partial charge in [-0.3, -0.25) is 9.55 Å². The van der Waals surface area contributed by atoms with Crippen molar-refractivity contribution in [3.8, 4) is 50.6 Å². The minimum absolute atomic E-state index is 0.652. The van der Waals surface area contributed by atoms with E-state index in [0.717, 1.165) is 54.9 Å². The predicted octanol–water partition coefficient (Wildman–Crippen LogP) is 11.4. The maximum Gasteiger partial charge on any atom is 0.235 e. The van der Waals surface area contributed by atoms with Crippen molar-refractivity contribution in [1.29, 1.82) is 0 Å². The molecule has 3 aromatic heterocycles. The number of rotatable bonds is 2. The summed E-state index contributed by atoms with van der Waals surface area (Å²) < 4.78 is 2.26. The molecule has 0 bridgehead atoms. The van der Waals surface area contributed by atoms with Crippen LogP contribution in [-0.4, -0.2) is 19.5 Å². The highest BCUT2D eigenvalue weighted by atomic mass is 15.2. The molecule has 1 aliphatic rings. The second kappa shape index (κ2) is 9.93. The molecule has 0 aliphatic heterocycles. The molecule has 0 amide bonds. The van der Waals surface area contributed by atoms with Crippen molar-refractivity contribution in [3.05, 3.63) is 158 Å². The van der Waals surface area contributed by atoms with E-state index in [4.69, 9.17) is 15.0 Å². The van der Waals surface area contributed by atoms with Crippen LogP contribution in [0.4, 0.5) is 0 Å². The molecule has 49 heavy (non-hydrogen) atoms. The Bertz CT molecular complexity index is 2990. The minimum atomic E-state index is 0.652. The Morgan fingerprint density at radius 3 is 2.06 bits per heavy atom. The summed E-state index contributed by atoms with van der Waals surface area (Å²) in [5.41, 5.74) is 12.2. The molecular formula is C45H26N4. The van der Waals surface area contributed by atoms with Gasteiger partial charge in [0.25, 0.3) is 0 Å². The summed E-state index contributed by atoms with van der Waals surface area (Å²) in [6.45, 7) is 0. The van der Waals surface area contributed by atoms with E-state index in [1.54, 1.807) is 0 Å². The van der Waals surface area contributed by atoms with Crippen LogP contribution in [0.15, 0.2) is 158 Å². The first-order valence-electron chi connectivity index (χ1n) is 16.6. The number of hydrogen-bond donors (Lipinski definition) is 0. The Kier molecular flexibility index (Phi) is 5.35. The van der Waals surface area contributed by atoms with E-state index in [0.29, 0.717) is 5.95 Å². The second-order valence-corrected chi connectivity index (χ2v) is 12.8. The zero-order chi connectivity index (χ0) is 32.1. The van der Waals surface area contributed by atoms with Crippen molar-refractivity contribution < 1.29 is 0 Å². The maximum absolute atomic E-state index is 5.41. The molecule has 1 aliphatic carbocycles. The number of para-hydroxylation sites is 1. The number of fused-ring (bicyclic) bond motifs is 12. The van der Waals surface area contributed by atoms with Gasteiger partial charge in [0.15, 0.2) is 0 Å². The summed E-state index contributed by atoms with van der Waals surface area (Å²) in [5, 5.41) is 8.15. The molecule has 4 nitrogen and oxygen atoms in total. The lowest BCUT2D eigenvalue weighted by Gasteiger charge is -2.15. The Morgan fingerprint density at radius 2 is 1.18 bits per heavy atom. The summed E-state index contributed by atoms with van der Waals surface area (Å²) in [6.07, 6.45) is 3.95. The summed E-state index contributed by atoms with van der Waals surface area (Å²) in [5.74, 6) is 0.652. The largest absolute Gasteiger partial charge is 0.278 e. The maximum atomic E-state index is 5.41. The molecule has 0 radical (unpaired) electrons. The van der Waals surface area contributed by atoms with Crippen LogP contribution < -0.4 is 0 Å². The number of nitrogens with zero attached hydrogens (tertiary/aromatic N) is 4. The lowest BCUT2D eigenvalue weighted by Crippen LogP contribution is -2.04. The molecule has 7 aromatic carbocycles. The van der Waals surface area contributed by atoms with Crippen LogP contribution in [0.2, 0.25) is 0 Å². The van der Waals surface area contributed by atoms with E-state index in [-0.39, 0.29) is 0 Å². The molecule has 0 saturated carbocycles. The Labute approximate surface area is 281 Å². The zero-order valence-electron chi connectivity index (χ0n) is 26.3. The van der Waals surface area contributed by atoms with Gasteiger partial charge in [-0.2, -0.15) is 0 Å². The molecule has 11 rings (SSSR count). The molecule has 0 saturated heterocycles. The van der Waals surface area contributed by atoms with E-state index in [2.05, 4.69) is 144 Å². The fraction of sp³-hybridized carbons (Fsp3) is 0. The van der Waals surface area contributed by atoms with Crippen molar-refractivity contribution in [2.75, 3.05) is 0 Å². The first-order valence-corrected chi connectivity index (χ1v) is 16.6. The molecule has 0 unspecified atom stereocenters. The van der Waals surface area contributed by atoms with Crippen molar-refractivity contribution in [2.45, 2.75) is 0 Å². The smallest absolute Gasteiger partial charge is 0.235 e. The van der Waals surface area contributed by atoms with Crippen LogP contribution in [0, 0.1) is 0 Å². The second-order valence-electron chi connectivity index (χ2n) is 12.8. The molecule has 226 valence electrons. The SMILES string of the molecule is c1ccc(-c2nc(-n3c4ccccc4c4c5c(ccc43)-c3cccc4cccc(c34)-c3ccncc3-5)nc3c2ccc2ccccc23)cc1. The monoisotopic (exact) mass is 622 g/mol. The Morgan fingerprint density at radius 1 is 0.429 bits per heavy atom. The third kappa shape index (κ3) is 3.66. The summed E-state index contributed by atoms with van der Waals surface area (Å²) in [6, 6.07) is 51.9. The van der Waals surface area contributed by atoms with Gasteiger partial charge in [0.2, 0.25) is 5.95 Å². The molecule has 10 aromatic rings. The van der Waals surface area contributed by atoms with Gasteiger partial charge in [-0.05, 0) is 62.7 Å². The summed E-state index contributed by atoms with van der Waals surface area (Å²) in [4.78, 5) is 15.5. The summed E-state index contributed by atoms with van der Waals surface area (Å²) in [7, 11) is 0. The van der Waals surface area contributed by atoms with Crippen molar-refractivity contribution in [3.63, 3.8) is 0 Å². The lowest BCUT2D eigenvalue weighted by molar-refractivity contribution is 1.02. The van der Waals surface area contributed by atoms with Crippen molar-refractivity contribution in [2.24, 2.45) is 0 Å². The number of benzene rings is 7. The fourth-order valence-electron chi connectivity index (χ4n) is 8.17. The highest BCUT2D eigenvalue weighted by Gasteiger charge is 2.27. The number of pyridine rings is 1. The van der Waals surface area contributed by atoms with Crippen LogP contribution in [0.1, 0.15) is 0 Å². The Balaban J connectivity index is 1.31. The third-order valence-corrected chi connectivity index (χ3v) is 10.2. The molecule has 0 N–H and O–H groups in total. The molecule has 4 heteroatoms. The zero-order valence-corrected chi connectivity index (χ0v) is 26.3. The number of aromatic nitrogens is 4. The third-order valence-electron chi connectivity index (χ3n) is 10.2. The van der Waals surface area contributed by atoms with Gasteiger partial charge < -0.3 is 0 Å². The minimum Gasteiger partial charge on any atom is -0.278 e.